The predicted octanol–water partition coefficient (Wildman–Crippen LogP) is 5.09. The Morgan fingerprint density at radius 1 is 1.18 bits per heavy atom. The third kappa shape index (κ3) is 2.96. The lowest BCUT2D eigenvalue weighted by Gasteiger charge is -2.58. The molecule has 4 aliphatic carbocycles. The van der Waals surface area contributed by atoms with Gasteiger partial charge in [0.05, 0.1) is 6.54 Å². The highest BCUT2D eigenvalue weighted by molar-refractivity contribution is 5.84. The summed E-state index contributed by atoms with van der Waals surface area (Å²) >= 11 is 0. The van der Waals surface area contributed by atoms with E-state index in [9.17, 15) is 9.59 Å². The highest BCUT2D eigenvalue weighted by Gasteiger charge is 2.59. The molecule has 0 bridgehead atoms. The van der Waals surface area contributed by atoms with E-state index >= 15 is 0 Å². The van der Waals surface area contributed by atoms with Crippen LogP contribution in [0.5, 0.6) is 0 Å². The maximum absolute atomic E-state index is 12.6. The molecule has 5 nitrogen and oxygen atoms in total. The summed E-state index contributed by atoms with van der Waals surface area (Å²) in [6.07, 6.45) is 10.8. The molecule has 0 spiro atoms. The first-order valence-electron chi connectivity index (χ1n) is 11.0. The Morgan fingerprint density at radius 2 is 1.96 bits per heavy atom. The van der Waals surface area contributed by atoms with E-state index in [1.54, 1.807) is 0 Å². The van der Waals surface area contributed by atoms with E-state index < -0.39 is 0 Å². The number of rotatable bonds is 4. The average Bonchev–Trinajstić information content (AvgIpc) is 2.99. The Labute approximate surface area is 168 Å². The van der Waals surface area contributed by atoms with Crippen LogP contribution < -0.4 is 0 Å². The molecule has 0 radical (unpaired) electrons. The van der Waals surface area contributed by atoms with Gasteiger partial charge in [0, 0.05) is 19.3 Å². The Morgan fingerprint density at radius 3 is 2.68 bits per heavy atom. The van der Waals surface area contributed by atoms with Crippen molar-refractivity contribution in [2.75, 3.05) is 6.54 Å². The van der Waals surface area contributed by atoms with Gasteiger partial charge in [-0.05, 0) is 73.5 Å². The van der Waals surface area contributed by atoms with Gasteiger partial charge in [-0.15, -0.1) is 0 Å². The van der Waals surface area contributed by atoms with E-state index in [-0.39, 0.29) is 41.1 Å². The number of hydrogen-bond acceptors (Lipinski definition) is 4. The fourth-order valence-corrected chi connectivity index (χ4v) is 7.67. The summed E-state index contributed by atoms with van der Waals surface area (Å²) in [6, 6.07) is 0. The monoisotopic (exact) mass is 385 g/mol. The number of nitrogens with zero attached hydrogens (tertiary/aromatic N) is 2. The summed E-state index contributed by atoms with van der Waals surface area (Å²) in [5, 5.41) is 3.13. The van der Waals surface area contributed by atoms with Gasteiger partial charge in [-0.3, -0.25) is 9.59 Å². The Bertz CT molecular complexity index is 717. The average molecular weight is 386 g/mol. The minimum absolute atomic E-state index is 0.0398. The SMILES string of the molecule is CC(=O)O[C@H]1CC[C@@]2(C)C(=CC[C@@H]3[C@@H]4CC[C@H](C(=O)CN=[N-])[C@@]4(C)CC[C@@H]32)C1. The van der Waals surface area contributed by atoms with Crippen molar-refractivity contribution in [3.63, 3.8) is 0 Å². The number of carbonyl (C=O) groups excluding carboxylic acids is 2. The number of ether oxygens (including phenoxy) is 1. The zero-order chi connectivity index (χ0) is 20.1. The maximum atomic E-state index is 12.6. The van der Waals surface area contributed by atoms with Crippen LogP contribution in [0.1, 0.15) is 72.1 Å². The highest BCUT2D eigenvalue weighted by atomic mass is 16.5. The topological polar surface area (TPSA) is 78.0 Å². The quantitative estimate of drug-likeness (QED) is 0.384. The summed E-state index contributed by atoms with van der Waals surface area (Å²) in [5.41, 5.74) is 10.6. The van der Waals surface area contributed by atoms with Crippen molar-refractivity contribution in [2.24, 2.45) is 39.6 Å². The summed E-state index contributed by atoms with van der Waals surface area (Å²) in [6.45, 7) is 6.20. The summed E-state index contributed by atoms with van der Waals surface area (Å²) in [7, 11) is 0. The van der Waals surface area contributed by atoms with Crippen LogP contribution >= 0.6 is 0 Å². The minimum atomic E-state index is -0.174. The van der Waals surface area contributed by atoms with Crippen molar-refractivity contribution < 1.29 is 14.3 Å². The molecule has 3 saturated carbocycles. The second-order valence-corrected chi connectivity index (χ2v) is 10.2. The van der Waals surface area contributed by atoms with Gasteiger partial charge < -0.3 is 15.4 Å². The molecule has 4 aliphatic rings. The highest BCUT2D eigenvalue weighted by Crippen LogP contribution is 2.66. The number of allylic oxidation sites excluding steroid dienone is 1. The van der Waals surface area contributed by atoms with Gasteiger partial charge in [-0.2, -0.15) is 0 Å². The van der Waals surface area contributed by atoms with E-state index in [0.717, 1.165) is 44.9 Å². The molecule has 0 aliphatic heterocycles. The largest absolute Gasteiger partial charge is 0.712 e. The van der Waals surface area contributed by atoms with Crippen LogP contribution in [-0.2, 0) is 14.3 Å². The van der Waals surface area contributed by atoms with Crippen LogP contribution in [0, 0.1) is 34.5 Å². The first-order chi connectivity index (χ1) is 13.3. The molecular weight excluding hydrogens is 352 g/mol. The number of ketones is 1. The lowest BCUT2D eigenvalue weighted by molar-refractivity contribution is -0.149. The molecule has 3 fully saturated rings. The van der Waals surface area contributed by atoms with Crippen LogP contribution in [0.4, 0.5) is 0 Å². The van der Waals surface area contributed by atoms with Gasteiger partial charge in [0.15, 0.2) is 5.78 Å². The Kier molecular flexibility index (Phi) is 4.99. The smallest absolute Gasteiger partial charge is 0.302 e. The van der Waals surface area contributed by atoms with Crippen LogP contribution in [0.25, 0.3) is 5.53 Å². The first-order valence-corrected chi connectivity index (χ1v) is 11.0. The van der Waals surface area contributed by atoms with Crippen LogP contribution in [0.3, 0.4) is 0 Å². The molecule has 0 aromatic carbocycles. The summed E-state index contributed by atoms with van der Waals surface area (Å²) < 4.78 is 5.52. The van der Waals surface area contributed by atoms with Gasteiger partial charge in [-0.1, -0.05) is 25.5 Å². The van der Waals surface area contributed by atoms with Crippen molar-refractivity contribution in [1.29, 1.82) is 0 Å². The molecular formula is C23H33N2O3-. The first kappa shape index (κ1) is 19.8. The number of carbonyl (C=O) groups is 2. The second kappa shape index (κ2) is 7.07. The number of fused-ring (bicyclic) bond motifs is 5. The molecule has 0 unspecified atom stereocenters. The number of esters is 1. The lowest BCUT2D eigenvalue weighted by Crippen LogP contribution is -2.51. The third-order valence-electron chi connectivity index (χ3n) is 9.01. The standard InChI is InChI=1S/C23H33N2O3/c1-14(26)28-16-8-10-22(2)15(12-16)4-5-17-18-6-7-20(21(27)13-25-24)23(18,3)11-9-19(17)22/h4,16-20H,5-13H2,1-3H3/q-1/t16-,17+,18-,19-,20+,22-,23-/m0/s1. The summed E-state index contributed by atoms with van der Waals surface area (Å²) in [5.74, 6) is 1.88. The molecule has 5 heteroatoms. The molecule has 7 atom stereocenters. The van der Waals surface area contributed by atoms with E-state index in [2.05, 4.69) is 25.0 Å². The van der Waals surface area contributed by atoms with Crippen molar-refractivity contribution >= 4 is 11.8 Å². The predicted molar refractivity (Wildman–Crippen MR) is 106 cm³/mol. The van der Waals surface area contributed by atoms with Gasteiger partial charge in [0.2, 0.25) is 0 Å². The normalized spacial score (nSPS) is 44.5. The molecule has 154 valence electrons. The summed E-state index contributed by atoms with van der Waals surface area (Å²) in [4.78, 5) is 24.0. The van der Waals surface area contributed by atoms with E-state index in [4.69, 9.17) is 10.3 Å². The maximum Gasteiger partial charge on any atom is 0.302 e. The van der Waals surface area contributed by atoms with Crippen molar-refractivity contribution in [3.8, 4) is 0 Å². The molecule has 0 heterocycles. The van der Waals surface area contributed by atoms with Crippen molar-refractivity contribution in [1.82, 2.24) is 0 Å². The number of hydrogen-bond donors (Lipinski definition) is 0. The molecule has 0 amide bonds. The Balaban J connectivity index is 1.56. The zero-order valence-corrected chi connectivity index (χ0v) is 17.4. The third-order valence-corrected chi connectivity index (χ3v) is 9.01. The minimum Gasteiger partial charge on any atom is -0.712 e. The van der Waals surface area contributed by atoms with Crippen LogP contribution in [-0.4, -0.2) is 24.4 Å². The molecule has 0 aromatic rings. The van der Waals surface area contributed by atoms with Crippen molar-refractivity contribution in [3.05, 3.63) is 17.2 Å². The molecule has 0 saturated heterocycles. The molecule has 0 N–H and O–H groups in total. The Hall–Kier alpha value is -1.52. The second-order valence-electron chi connectivity index (χ2n) is 10.2. The fourth-order valence-electron chi connectivity index (χ4n) is 7.67. The van der Waals surface area contributed by atoms with E-state index in [1.165, 1.54) is 18.9 Å². The van der Waals surface area contributed by atoms with Gasteiger partial charge in [0.1, 0.15) is 6.10 Å². The number of Topliss-reactive ketones (excluding diaryl/α,β-unsaturated/α-hetero) is 1. The molecule has 4 rings (SSSR count). The van der Waals surface area contributed by atoms with E-state index in [1.807, 2.05) is 0 Å². The molecule has 0 aromatic heterocycles. The van der Waals surface area contributed by atoms with Gasteiger partial charge in [0.25, 0.3) is 0 Å². The lowest BCUT2D eigenvalue weighted by atomic mass is 9.47. The van der Waals surface area contributed by atoms with Crippen LogP contribution in [0.2, 0.25) is 0 Å². The van der Waals surface area contributed by atoms with Gasteiger partial charge in [-0.25, -0.2) is 0 Å². The van der Waals surface area contributed by atoms with Crippen molar-refractivity contribution in [2.45, 2.75) is 78.2 Å². The van der Waals surface area contributed by atoms with Crippen LogP contribution in [0.15, 0.2) is 16.8 Å². The molecule has 28 heavy (non-hydrogen) atoms. The fraction of sp³-hybridized carbons (Fsp3) is 0.826. The van der Waals surface area contributed by atoms with E-state index in [0.29, 0.717) is 17.8 Å². The van der Waals surface area contributed by atoms with Gasteiger partial charge >= 0.3 is 5.97 Å². The zero-order valence-electron chi connectivity index (χ0n) is 17.4.